The van der Waals surface area contributed by atoms with Gasteiger partial charge in [-0.05, 0) is 0 Å². The quantitative estimate of drug-likeness (QED) is 0.528. The molecular weight excluding hydrogens is 228 g/mol. The monoisotopic (exact) mass is 242 g/mol. The molecule has 4 N–H and O–H groups in total. The summed E-state index contributed by atoms with van der Waals surface area (Å²) in [5.74, 6) is -1.37. The van der Waals surface area contributed by atoms with E-state index in [-0.39, 0.29) is 6.54 Å². The second-order valence-corrected chi connectivity index (χ2v) is 3.50. The molecule has 0 fully saturated rings. The molecule has 0 saturated carbocycles. The number of aliphatic hydroxyl groups is 1. The summed E-state index contributed by atoms with van der Waals surface area (Å²) in [6, 6.07) is -0.466. The van der Waals surface area contributed by atoms with Crippen LogP contribution < -0.4 is 5.32 Å². The van der Waals surface area contributed by atoms with E-state index in [1.165, 1.54) is 4.90 Å². The lowest BCUT2D eigenvalue weighted by Gasteiger charge is -2.17. The number of aromatic nitrogens is 2. The van der Waals surface area contributed by atoms with Crippen molar-refractivity contribution in [1.82, 2.24) is 20.4 Å². The molecule has 1 aromatic heterocycles. The Morgan fingerprint density at radius 3 is 2.88 bits per heavy atom. The highest BCUT2D eigenvalue weighted by atomic mass is 16.4. The standard InChI is InChI=1S/C9H14N4O4/c1-13(5-6-2-11-12-3-6)9(17)10-4-7(14)8(15)16/h2-3,7,14H,4-5H2,1H3,(H,10,17)(H,11,12)(H,15,16)/t7-/m0/s1. The van der Waals surface area contributed by atoms with Crippen LogP contribution >= 0.6 is 0 Å². The van der Waals surface area contributed by atoms with Crippen molar-refractivity contribution in [2.45, 2.75) is 12.6 Å². The van der Waals surface area contributed by atoms with Crippen LogP contribution in [0.15, 0.2) is 12.4 Å². The Labute approximate surface area is 97.2 Å². The number of hydrogen-bond donors (Lipinski definition) is 4. The summed E-state index contributed by atoms with van der Waals surface area (Å²) in [7, 11) is 1.55. The Morgan fingerprint density at radius 1 is 1.65 bits per heavy atom. The van der Waals surface area contributed by atoms with Gasteiger partial charge in [-0.2, -0.15) is 5.10 Å². The molecule has 0 unspecified atom stereocenters. The number of nitrogens with one attached hydrogen (secondary N) is 2. The molecule has 1 aromatic rings. The molecule has 0 aliphatic carbocycles. The normalized spacial score (nSPS) is 11.9. The Kier molecular flexibility index (Phi) is 4.46. The van der Waals surface area contributed by atoms with E-state index in [2.05, 4.69) is 15.5 Å². The number of aromatic amines is 1. The Morgan fingerprint density at radius 2 is 2.35 bits per heavy atom. The zero-order valence-corrected chi connectivity index (χ0v) is 9.25. The predicted molar refractivity (Wildman–Crippen MR) is 57.1 cm³/mol. The molecule has 1 atom stereocenters. The first-order valence-corrected chi connectivity index (χ1v) is 4.88. The number of nitrogens with zero attached hydrogens (tertiary/aromatic N) is 2. The summed E-state index contributed by atoms with van der Waals surface area (Å²) in [6.07, 6.45) is 1.63. The van der Waals surface area contributed by atoms with Crippen molar-refractivity contribution in [2.75, 3.05) is 13.6 Å². The van der Waals surface area contributed by atoms with E-state index in [9.17, 15) is 9.59 Å². The van der Waals surface area contributed by atoms with Crippen molar-refractivity contribution in [3.63, 3.8) is 0 Å². The van der Waals surface area contributed by atoms with Crippen molar-refractivity contribution >= 4 is 12.0 Å². The predicted octanol–water partition coefficient (Wildman–Crippen LogP) is -1.00. The zero-order chi connectivity index (χ0) is 12.8. The first-order chi connectivity index (χ1) is 8.00. The van der Waals surface area contributed by atoms with Gasteiger partial charge in [0.25, 0.3) is 0 Å². The number of hydrogen-bond acceptors (Lipinski definition) is 4. The van der Waals surface area contributed by atoms with E-state index in [1.807, 2.05) is 0 Å². The van der Waals surface area contributed by atoms with Crippen molar-refractivity contribution in [3.05, 3.63) is 18.0 Å². The summed E-state index contributed by atoms with van der Waals surface area (Å²) >= 11 is 0. The molecule has 1 heterocycles. The van der Waals surface area contributed by atoms with Crippen LogP contribution in [-0.2, 0) is 11.3 Å². The van der Waals surface area contributed by atoms with Crippen LogP contribution in [-0.4, -0.2) is 57.0 Å². The van der Waals surface area contributed by atoms with Crippen LogP contribution in [0.1, 0.15) is 5.56 Å². The lowest BCUT2D eigenvalue weighted by molar-refractivity contribution is -0.146. The highest BCUT2D eigenvalue weighted by Crippen LogP contribution is 1.99. The molecule has 0 saturated heterocycles. The summed E-state index contributed by atoms with van der Waals surface area (Å²) in [5, 5.41) is 26.0. The van der Waals surface area contributed by atoms with Gasteiger partial charge in [0.15, 0.2) is 6.10 Å². The maximum Gasteiger partial charge on any atom is 0.334 e. The van der Waals surface area contributed by atoms with Gasteiger partial charge in [0.2, 0.25) is 0 Å². The van der Waals surface area contributed by atoms with Gasteiger partial charge >= 0.3 is 12.0 Å². The fourth-order valence-electron chi connectivity index (χ4n) is 1.12. The van der Waals surface area contributed by atoms with Crippen molar-refractivity contribution in [1.29, 1.82) is 0 Å². The molecule has 8 heteroatoms. The first-order valence-electron chi connectivity index (χ1n) is 4.88. The largest absolute Gasteiger partial charge is 0.479 e. The minimum absolute atomic E-state index is 0.329. The van der Waals surface area contributed by atoms with Crippen molar-refractivity contribution in [3.8, 4) is 0 Å². The van der Waals surface area contributed by atoms with Gasteiger partial charge in [-0.25, -0.2) is 9.59 Å². The van der Waals surface area contributed by atoms with E-state index in [1.54, 1.807) is 19.4 Å². The summed E-state index contributed by atoms with van der Waals surface area (Å²) in [6.45, 7) is 0.00932. The smallest absolute Gasteiger partial charge is 0.334 e. The molecule has 0 spiro atoms. The van der Waals surface area contributed by atoms with Gasteiger partial charge in [-0.3, -0.25) is 5.10 Å². The Hall–Kier alpha value is -2.09. The molecule has 0 bridgehead atoms. The van der Waals surface area contributed by atoms with Gasteiger partial charge < -0.3 is 20.4 Å². The van der Waals surface area contributed by atoms with Crippen molar-refractivity contribution in [2.24, 2.45) is 0 Å². The van der Waals surface area contributed by atoms with Crippen LogP contribution in [0.25, 0.3) is 0 Å². The molecule has 2 amide bonds. The highest BCUT2D eigenvalue weighted by molar-refractivity contribution is 5.76. The van der Waals surface area contributed by atoms with Gasteiger partial charge in [-0.1, -0.05) is 0 Å². The molecule has 8 nitrogen and oxygen atoms in total. The summed E-state index contributed by atoms with van der Waals surface area (Å²) in [4.78, 5) is 23.1. The fraction of sp³-hybridized carbons (Fsp3) is 0.444. The minimum atomic E-state index is -1.60. The van der Waals surface area contributed by atoms with E-state index in [4.69, 9.17) is 10.2 Å². The number of aliphatic carboxylic acids is 1. The Balaban J connectivity index is 2.34. The molecule has 0 aliphatic heterocycles. The number of carboxylic acids is 1. The average Bonchev–Trinajstić information content (AvgIpc) is 2.77. The fourth-order valence-corrected chi connectivity index (χ4v) is 1.12. The summed E-state index contributed by atoms with van der Waals surface area (Å²) in [5.41, 5.74) is 0.821. The molecule has 94 valence electrons. The molecular formula is C9H14N4O4. The van der Waals surface area contributed by atoms with Crippen LogP contribution in [0.2, 0.25) is 0 Å². The van der Waals surface area contributed by atoms with Gasteiger partial charge in [0.1, 0.15) is 0 Å². The minimum Gasteiger partial charge on any atom is -0.479 e. The van der Waals surface area contributed by atoms with Crippen LogP contribution in [0.4, 0.5) is 4.79 Å². The maximum atomic E-state index is 11.5. The van der Waals surface area contributed by atoms with Gasteiger partial charge in [0, 0.05) is 18.8 Å². The van der Waals surface area contributed by atoms with E-state index < -0.39 is 18.1 Å². The SMILES string of the molecule is CN(Cc1cn[nH]c1)C(=O)NC[C@H](O)C(=O)O. The number of amides is 2. The number of rotatable bonds is 5. The number of H-pyrrole nitrogens is 1. The first kappa shape index (κ1) is 13.0. The number of carbonyl (C=O) groups is 2. The maximum absolute atomic E-state index is 11.5. The Bertz CT molecular complexity index is 378. The van der Waals surface area contributed by atoms with Crippen LogP contribution in [0.5, 0.6) is 0 Å². The molecule has 0 radical (unpaired) electrons. The van der Waals surface area contributed by atoms with E-state index in [0.29, 0.717) is 6.54 Å². The third kappa shape index (κ3) is 4.11. The zero-order valence-electron chi connectivity index (χ0n) is 9.25. The topological polar surface area (TPSA) is 119 Å². The number of carbonyl (C=O) groups excluding carboxylic acids is 1. The number of aliphatic hydroxyl groups excluding tert-OH is 1. The summed E-state index contributed by atoms with van der Waals surface area (Å²) < 4.78 is 0. The molecule has 1 rings (SSSR count). The lowest BCUT2D eigenvalue weighted by atomic mass is 10.3. The van der Waals surface area contributed by atoms with Gasteiger partial charge in [-0.15, -0.1) is 0 Å². The van der Waals surface area contributed by atoms with E-state index in [0.717, 1.165) is 5.56 Å². The average molecular weight is 242 g/mol. The van der Waals surface area contributed by atoms with Crippen molar-refractivity contribution < 1.29 is 19.8 Å². The number of carboxylic acid groups (broad SMARTS) is 1. The van der Waals surface area contributed by atoms with Gasteiger partial charge in [0.05, 0.1) is 19.3 Å². The molecule has 0 aromatic carbocycles. The third-order valence-electron chi connectivity index (χ3n) is 2.05. The van der Waals surface area contributed by atoms with Crippen LogP contribution in [0, 0.1) is 0 Å². The van der Waals surface area contributed by atoms with E-state index >= 15 is 0 Å². The molecule has 17 heavy (non-hydrogen) atoms. The second kappa shape index (κ2) is 5.85. The number of urea groups is 1. The van der Waals surface area contributed by atoms with Crippen LogP contribution in [0.3, 0.4) is 0 Å². The highest BCUT2D eigenvalue weighted by Gasteiger charge is 2.16. The lowest BCUT2D eigenvalue weighted by Crippen LogP contribution is -2.42. The third-order valence-corrected chi connectivity index (χ3v) is 2.05. The molecule has 0 aliphatic rings. The second-order valence-electron chi connectivity index (χ2n) is 3.50.